The van der Waals surface area contributed by atoms with Crippen LogP contribution in [0.4, 0.5) is 4.79 Å². The quantitative estimate of drug-likeness (QED) is 0.763. The summed E-state index contributed by atoms with van der Waals surface area (Å²) in [6.45, 7) is 5.70. The van der Waals surface area contributed by atoms with E-state index in [0.29, 0.717) is 0 Å². The van der Waals surface area contributed by atoms with E-state index >= 15 is 0 Å². The zero-order valence-electron chi connectivity index (χ0n) is 12.4. The van der Waals surface area contributed by atoms with Crippen LogP contribution < -0.4 is 5.32 Å². The highest BCUT2D eigenvalue weighted by atomic mass is 16.5. The number of carboxylic acids is 1. The average Bonchev–Trinajstić information content (AvgIpc) is 2.50. The van der Waals surface area contributed by atoms with Crippen LogP contribution in [0.5, 0.6) is 0 Å². The Morgan fingerprint density at radius 2 is 1.86 bits per heavy atom. The fourth-order valence-corrected chi connectivity index (χ4v) is 1.83. The van der Waals surface area contributed by atoms with E-state index < -0.39 is 18.1 Å². The van der Waals surface area contributed by atoms with E-state index in [1.807, 2.05) is 49.1 Å². The van der Waals surface area contributed by atoms with E-state index in [2.05, 4.69) is 5.32 Å². The van der Waals surface area contributed by atoms with Crippen LogP contribution in [-0.4, -0.2) is 47.7 Å². The summed E-state index contributed by atoms with van der Waals surface area (Å²) >= 11 is 0. The average molecular weight is 294 g/mol. The summed E-state index contributed by atoms with van der Waals surface area (Å²) in [6, 6.07) is 8.24. The molecule has 0 spiro atoms. The standard InChI is InChI=1S/C15H22N2O4/c1-3-17(4-2)10-13(14(18)19)16-15(20)21-11-12-8-6-5-7-9-12/h5-9,13H,3-4,10-11H2,1-2H3,(H,16,20)(H,18,19)/t13-/m0/s1. The Kier molecular flexibility index (Phi) is 7.25. The Morgan fingerprint density at radius 1 is 1.24 bits per heavy atom. The third-order valence-corrected chi connectivity index (χ3v) is 3.14. The van der Waals surface area contributed by atoms with Crippen LogP contribution in [0.15, 0.2) is 30.3 Å². The van der Waals surface area contributed by atoms with Gasteiger partial charge in [0.2, 0.25) is 0 Å². The van der Waals surface area contributed by atoms with Gasteiger partial charge in [-0.1, -0.05) is 44.2 Å². The van der Waals surface area contributed by atoms with Gasteiger partial charge in [0.25, 0.3) is 0 Å². The molecule has 6 heteroatoms. The molecule has 116 valence electrons. The van der Waals surface area contributed by atoms with Gasteiger partial charge in [-0.15, -0.1) is 0 Å². The highest BCUT2D eigenvalue weighted by molar-refractivity contribution is 5.80. The highest BCUT2D eigenvalue weighted by Crippen LogP contribution is 2.01. The summed E-state index contributed by atoms with van der Waals surface area (Å²) < 4.78 is 5.03. The molecule has 1 aromatic rings. The lowest BCUT2D eigenvalue weighted by Gasteiger charge is -2.23. The number of hydrogen-bond acceptors (Lipinski definition) is 4. The fraction of sp³-hybridized carbons (Fsp3) is 0.467. The van der Waals surface area contributed by atoms with Crippen molar-refractivity contribution >= 4 is 12.1 Å². The maximum absolute atomic E-state index is 11.7. The van der Waals surface area contributed by atoms with Crippen LogP contribution in [0, 0.1) is 0 Å². The normalized spacial score (nSPS) is 12.0. The number of benzene rings is 1. The second kappa shape index (κ2) is 8.97. The molecular weight excluding hydrogens is 272 g/mol. The van der Waals surface area contributed by atoms with Crippen molar-refractivity contribution in [1.29, 1.82) is 0 Å². The Hall–Kier alpha value is -2.08. The van der Waals surface area contributed by atoms with Crippen LogP contribution in [-0.2, 0) is 16.1 Å². The van der Waals surface area contributed by atoms with Crippen LogP contribution in [0.3, 0.4) is 0 Å². The number of nitrogens with one attached hydrogen (secondary N) is 1. The monoisotopic (exact) mass is 294 g/mol. The molecule has 0 unspecified atom stereocenters. The minimum absolute atomic E-state index is 0.115. The van der Waals surface area contributed by atoms with Crippen LogP contribution in [0.1, 0.15) is 19.4 Å². The van der Waals surface area contributed by atoms with Gasteiger partial charge in [0.15, 0.2) is 0 Å². The molecule has 6 nitrogen and oxygen atoms in total. The van der Waals surface area contributed by atoms with Gasteiger partial charge in [0.05, 0.1) is 0 Å². The lowest BCUT2D eigenvalue weighted by Crippen LogP contribution is -2.48. The number of aliphatic carboxylic acids is 1. The van der Waals surface area contributed by atoms with Gasteiger partial charge in [0.1, 0.15) is 12.6 Å². The van der Waals surface area contributed by atoms with Crippen molar-refractivity contribution in [2.75, 3.05) is 19.6 Å². The summed E-state index contributed by atoms with van der Waals surface area (Å²) in [5.74, 6) is -1.07. The zero-order valence-corrected chi connectivity index (χ0v) is 12.4. The first kappa shape index (κ1) is 17.0. The molecule has 0 radical (unpaired) electrons. The third kappa shape index (κ3) is 6.27. The molecule has 1 atom stereocenters. The predicted octanol–water partition coefficient (Wildman–Crippen LogP) is 1.71. The van der Waals surface area contributed by atoms with Gasteiger partial charge in [-0.2, -0.15) is 0 Å². The first-order valence-corrected chi connectivity index (χ1v) is 6.99. The number of rotatable bonds is 8. The van der Waals surface area contributed by atoms with Crippen LogP contribution in [0.25, 0.3) is 0 Å². The Morgan fingerprint density at radius 3 is 2.38 bits per heavy atom. The molecule has 2 N–H and O–H groups in total. The number of ether oxygens (including phenoxy) is 1. The van der Waals surface area contributed by atoms with Crippen molar-refractivity contribution in [2.45, 2.75) is 26.5 Å². The number of alkyl carbamates (subject to hydrolysis) is 1. The van der Waals surface area contributed by atoms with Gasteiger partial charge in [-0.3, -0.25) is 0 Å². The number of hydrogen-bond donors (Lipinski definition) is 2. The summed E-state index contributed by atoms with van der Waals surface area (Å²) in [5.41, 5.74) is 0.850. The van der Waals surface area contributed by atoms with Crippen LogP contribution >= 0.6 is 0 Å². The Bertz CT molecular complexity index is 446. The van der Waals surface area contributed by atoms with Gasteiger partial charge in [0, 0.05) is 6.54 Å². The lowest BCUT2D eigenvalue weighted by molar-refractivity contribution is -0.139. The molecule has 0 aromatic heterocycles. The van der Waals surface area contributed by atoms with Gasteiger partial charge in [-0.25, -0.2) is 9.59 Å². The van der Waals surface area contributed by atoms with E-state index in [4.69, 9.17) is 9.84 Å². The summed E-state index contributed by atoms with van der Waals surface area (Å²) in [7, 11) is 0. The molecule has 21 heavy (non-hydrogen) atoms. The number of amides is 1. The van der Waals surface area contributed by atoms with Crippen molar-refractivity contribution in [3.05, 3.63) is 35.9 Å². The van der Waals surface area contributed by atoms with E-state index in [9.17, 15) is 9.59 Å². The van der Waals surface area contributed by atoms with Crippen molar-refractivity contribution < 1.29 is 19.4 Å². The minimum Gasteiger partial charge on any atom is -0.480 e. The molecule has 1 rings (SSSR count). The van der Waals surface area contributed by atoms with Crippen molar-refractivity contribution in [3.63, 3.8) is 0 Å². The molecule has 1 amide bonds. The molecule has 0 saturated heterocycles. The number of nitrogens with zero attached hydrogens (tertiary/aromatic N) is 1. The van der Waals surface area contributed by atoms with Crippen LogP contribution in [0.2, 0.25) is 0 Å². The molecule has 0 aliphatic carbocycles. The van der Waals surface area contributed by atoms with Gasteiger partial charge in [-0.05, 0) is 18.7 Å². The maximum Gasteiger partial charge on any atom is 0.408 e. The smallest absolute Gasteiger partial charge is 0.408 e. The molecule has 0 heterocycles. The largest absolute Gasteiger partial charge is 0.480 e. The summed E-state index contributed by atoms with van der Waals surface area (Å²) in [6.07, 6.45) is -0.724. The number of carbonyl (C=O) groups excluding carboxylic acids is 1. The summed E-state index contributed by atoms with van der Waals surface area (Å²) in [5, 5.41) is 11.5. The van der Waals surface area contributed by atoms with Gasteiger partial charge >= 0.3 is 12.1 Å². The first-order chi connectivity index (χ1) is 10.1. The van der Waals surface area contributed by atoms with Crippen molar-refractivity contribution in [1.82, 2.24) is 10.2 Å². The molecule has 0 aliphatic rings. The molecule has 0 aliphatic heterocycles. The number of likely N-dealkylation sites (N-methyl/N-ethyl adjacent to an activating group) is 1. The fourth-order valence-electron chi connectivity index (χ4n) is 1.83. The van der Waals surface area contributed by atoms with E-state index in [-0.39, 0.29) is 13.2 Å². The molecule has 0 saturated carbocycles. The Balaban J connectivity index is 2.47. The van der Waals surface area contributed by atoms with E-state index in [1.165, 1.54) is 0 Å². The topological polar surface area (TPSA) is 78.9 Å². The summed E-state index contributed by atoms with van der Waals surface area (Å²) in [4.78, 5) is 24.8. The van der Waals surface area contributed by atoms with E-state index in [1.54, 1.807) is 0 Å². The number of carboxylic acid groups (broad SMARTS) is 1. The second-order valence-electron chi connectivity index (χ2n) is 4.58. The molecule has 1 aromatic carbocycles. The van der Waals surface area contributed by atoms with Crippen molar-refractivity contribution in [2.24, 2.45) is 0 Å². The zero-order chi connectivity index (χ0) is 15.7. The SMILES string of the molecule is CCN(CC)C[C@H](NC(=O)OCc1ccccc1)C(=O)O. The molecule has 0 fully saturated rings. The van der Waals surface area contributed by atoms with Gasteiger partial charge < -0.3 is 20.1 Å². The first-order valence-electron chi connectivity index (χ1n) is 6.99. The van der Waals surface area contributed by atoms with E-state index in [0.717, 1.165) is 18.7 Å². The molecule has 0 bridgehead atoms. The third-order valence-electron chi connectivity index (χ3n) is 3.14. The maximum atomic E-state index is 11.7. The van der Waals surface area contributed by atoms with Crippen molar-refractivity contribution in [3.8, 4) is 0 Å². The minimum atomic E-state index is -1.07. The lowest BCUT2D eigenvalue weighted by atomic mass is 10.2. The Labute approximate surface area is 124 Å². The predicted molar refractivity (Wildman–Crippen MR) is 79.0 cm³/mol. The highest BCUT2D eigenvalue weighted by Gasteiger charge is 2.22. The second-order valence-corrected chi connectivity index (χ2v) is 4.58. The number of carbonyl (C=O) groups is 2. The molecular formula is C15H22N2O4.